The zero-order valence-electron chi connectivity index (χ0n) is 18.3. The number of unbranched alkanes of at least 4 members (excludes halogenated alkanes) is 6. The number of benzene rings is 2. The highest BCUT2D eigenvalue weighted by atomic mass is 16.5. The lowest BCUT2D eigenvalue weighted by molar-refractivity contribution is 0.259. The molecule has 0 radical (unpaired) electrons. The van der Waals surface area contributed by atoms with Crippen LogP contribution in [0.15, 0.2) is 52.7 Å². The standard InChI is InChI=1S/C25H36N2O2/c1-4-6-8-10-18-28-24-17-13-16-23(25(24)29-19-11-9-7-5-2)27-26-22-15-12-14-21(3)20-22/h12-17,20H,4-11,18-19H2,1-3H3. The van der Waals surface area contributed by atoms with Gasteiger partial charge in [-0.3, -0.25) is 0 Å². The summed E-state index contributed by atoms with van der Waals surface area (Å²) in [6.45, 7) is 7.85. The molecule has 29 heavy (non-hydrogen) atoms. The summed E-state index contributed by atoms with van der Waals surface area (Å²) < 4.78 is 12.2. The SMILES string of the molecule is CCCCCCOc1cccc(N=Nc2cccc(C)c2)c1OCCCCCC. The summed E-state index contributed by atoms with van der Waals surface area (Å²) in [4.78, 5) is 0. The summed E-state index contributed by atoms with van der Waals surface area (Å²) in [6.07, 6.45) is 9.38. The van der Waals surface area contributed by atoms with Crippen LogP contribution in [0.3, 0.4) is 0 Å². The van der Waals surface area contributed by atoms with Crippen molar-refractivity contribution < 1.29 is 9.47 Å². The predicted molar refractivity (Wildman–Crippen MR) is 121 cm³/mol. The Kier molecular flexibility index (Phi) is 10.9. The molecule has 0 aliphatic rings. The largest absolute Gasteiger partial charge is 0.490 e. The lowest BCUT2D eigenvalue weighted by atomic mass is 10.2. The van der Waals surface area contributed by atoms with Gasteiger partial charge in [0.2, 0.25) is 0 Å². The van der Waals surface area contributed by atoms with Gasteiger partial charge < -0.3 is 9.47 Å². The second-order valence-electron chi connectivity index (χ2n) is 7.46. The van der Waals surface area contributed by atoms with Crippen LogP contribution in [0.1, 0.15) is 70.8 Å². The van der Waals surface area contributed by atoms with Gasteiger partial charge >= 0.3 is 0 Å². The van der Waals surface area contributed by atoms with E-state index in [9.17, 15) is 0 Å². The first kappa shape index (κ1) is 22.9. The van der Waals surface area contributed by atoms with Gasteiger partial charge in [-0.2, -0.15) is 5.11 Å². The third kappa shape index (κ3) is 8.68. The smallest absolute Gasteiger partial charge is 0.188 e. The van der Waals surface area contributed by atoms with Crippen LogP contribution >= 0.6 is 0 Å². The van der Waals surface area contributed by atoms with E-state index in [-0.39, 0.29) is 0 Å². The Hall–Kier alpha value is -2.36. The molecule has 0 aliphatic carbocycles. The van der Waals surface area contributed by atoms with Gasteiger partial charge in [0.1, 0.15) is 5.69 Å². The fourth-order valence-corrected chi connectivity index (χ4v) is 3.06. The first-order valence-corrected chi connectivity index (χ1v) is 11.1. The number of rotatable bonds is 14. The van der Waals surface area contributed by atoms with Crippen molar-refractivity contribution in [2.75, 3.05) is 13.2 Å². The normalized spacial score (nSPS) is 11.1. The van der Waals surface area contributed by atoms with Crippen LogP contribution in [-0.2, 0) is 0 Å². The highest BCUT2D eigenvalue weighted by Crippen LogP contribution is 2.38. The average molecular weight is 397 g/mol. The Bertz CT molecular complexity index is 743. The van der Waals surface area contributed by atoms with Crippen LogP contribution in [0.25, 0.3) is 0 Å². The van der Waals surface area contributed by atoms with Crippen molar-refractivity contribution in [2.24, 2.45) is 10.2 Å². The van der Waals surface area contributed by atoms with E-state index < -0.39 is 0 Å². The van der Waals surface area contributed by atoms with Gasteiger partial charge in [0.15, 0.2) is 11.5 Å². The number of hydrogen-bond donors (Lipinski definition) is 0. The van der Waals surface area contributed by atoms with Gasteiger partial charge in [0, 0.05) is 0 Å². The summed E-state index contributed by atoms with van der Waals surface area (Å²) >= 11 is 0. The highest BCUT2D eigenvalue weighted by Gasteiger charge is 2.11. The minimum absolute atomic E-state index is 0.670. The van der Waals surface area contributed by atoms with Crippen molar-refractivity contribution in [1.82, 2.24) is 0 Å². The van der Waals surface area contributed by atoms with Gasteiger partial charge in [-0.15, -0.1) is 5.11 Å². The Morgan fingerprint density at radius 2 is 1.41 bits per heavy atom. The second kappa shape index (κ2) is 13.8. The Morgan fingerprint density at radius 1 is 0.724 bits per heavy atom. The van der Waals surface area contributed by atoms with Crippen LogP contribution < -0.4 is 9.47 Å². The second-order valence-corrected chi connectivity index (χ2v) is 7.46. The van der Waals surface area contributed by atoms with Gasteiger partial charge in [-0.25, -0.2) is 0 Å². The van der Waals surface area contributed by atoms with E-state index >= 15 is 0 Å². The minimum atomic E-state index is 0.670. The van der Waals surface area contributed by atoms with Crippen molar-refractivity contribution >= 4 is 11.4 Å². The van der Waals surface area contributed by atoms with Crippen LogP contribution in [0.5, 0.6) is 11.5 Å². The molecular formula is C25H36N2O2. The minimum Gasteiger partial charge on any atom is -0.490 e. The van der Waals surface area contributed by atoms with E-state index in [1.165, 1.54) is 38.5 Å². The number of aryl methyl sites for hydroxylation is 1. The summed E-state index contributed by atoms with van der Waals surface area (Å²) in [5.41, 5.74) is 2.72. The Balaban J connectivity index is 2.11. The van der Waals surface area contributed by atoms with Crippen molar-refractivity contribution in [3.63, 3.8) is 0 Å². The third-order valence-corrected chi connectivity index (χ3v) is 4.73. The molecular weight excluding hydrogens is 360 g/mol. The van der Waals surface area contributed by atoms with Crippen LogP contribution in [0.2, 0.25) is 0 Å². The third-order valence-electron chi connectivity index (χ3n) is 4.73. The lowest BCUT2D eigenvalue weighted by Gasteiger charge is -2.14. The summed E-state index contributed by atoms with van der Waals surface area (Å²) in [5.74, 6) is 1.47. The molecule has 0 spiro atoms. The molecule has 0 atom stereocenters. The number of hydrogen-bond acceptors (Lipinski definition) is 4. The van der Waals surface area contributed by atoms with Crippen molar-refractivity contribution in [3.8, 4) is 11.5 Å². The van der Waals surface area contributed by atoms with Gasteiger partial charge in [0.05, 0.1) is 18.9 Å². The molecule has 2 rings (SSSR count). The van der Waals surface area contributed by atoms with Crippen molar-refractivity contribution in [3.05, 3.63) is 48.0 Å². The molecule has 0 bridgehead atoms. The maximum atomic E-state index is 6.13. The molecule has 158 valence electrons. The first-order chi connectivity index (χ1) is 14.2. The molecule has 4 nitrogen and oxygen atoms in total. The van der Waals surface area contributed by atoms with Gasteiger partial charge in [0.25, 0.3) is 0 Å². The molecule has 0 fully saturated rings. The maximum absolute atomic E-state index is 6.13. The number of nitrogens with zero attached hydrogens (tertiary/aromatic N) is 2. The zero-order valence-corrected chi connectivity index (χ0v) is 18.3. The first-order valence-electron chi connectivity index (χ1n) is 11.1. The highest BCUT2D eigenvalue weighted by molar-refractivity contribution is 5.59. The van der Waals surface area contributed by atoms with E-state index in [0.717, 1.165) is 29.8 Å². The van der Waals surface area contributed by atoms with Crippen molar-refractivity contribution in [2.45, 2.75) is 72.1 Å². The van der Waals surface area contributed by atoms with E-state index in [0.29, 0.717) is 24.7 Å². The van der Waals surface area contributed by atoms with Crippen LogP contribution in [-0.4, -0.2) is 13.2 Å². The Morgan fingerprint density at radius 3 is 2.10 bits per heavy atom. The molecule has 0 amide bonds. The summed E-state index contributed by atoms with van der Waals surface area (Å²) in [6, 6.07) is 13.9. The zero-order chi connectivity index (χ0) is 20.7. The number of para-hydroxylation sites is 1. The molecule has 2 aromatic carbocycles. The molecule has 0 aliphatic heterocycles. The molecule has 0 heterocycles. The maximum Gasteiger partial charge on any atom is 0.188 e. The van der Waals surface area contributed by atoms with E-state index in [1.54, 1.807) is 0 Å². The van der Waals surface area contributed by atoms with Crippen LogP contribution in [0.4, 0.5) is 11.4 Å². The fourth-order valence-electron chi connectivity index (χ4n) is 3.06. The monoisotopic (exact) mass is 396 g/mol. The van der Waals surface area contributed by atoms with Crippen LogP contribution in [0, 0.1) is 6.92 Å². The number of azo groups is 1. The molecule has 0 aromatic heterocycles. The molecule has 0 unspecified atom stereocenters. The molecule has 4 heteroatoms. The van der Waals surface area contributed by atoms with E-state index in [1.807, 2.05) is 36.4 Å². The summed E-state index contributed by atoms with van der Waals surface area (Å²) in [5, 5.41) is 8.88. The van der Waals surface area contributed by atoms with E-state index in [4.69, 9.17) is 9.47 Å². The quantitative estimate of drug-likeness (QED) is 0.238. The lowest BCUT2D eigenvalue weighted by Crippen LogP contribution is -2.03. The Labute approximate surface area is 176 Å². The van der Waals surface area contributed by atoms with E-state index in [2.05, 4.69) is 37.1 Å². The molecule has 2 aromatic rings. The molecule has 0 N–H and O–H groups in total. The van der Waals surface area contributed by atoms with Crippen molar-refractivity contribution in [1.29, 1.82) is 0 Å². The van der Waals surface area contributed by atoms with Gasteiger partial charge in [-0.1, -0.05) is 70.6 Å². The molecule has 0 saturated carbocycles. The molecule has 0 saturated heterocycles. The predicted octanol–water partition coefficient (Wildman–Crippen LogP) is 8.33. The number of ether oxygens (including phenoxy) is 2. The topological polar surface area (TPSA) is 43.2 Å². The fraction of sp³-hybridized carbons (Fsp3) is 0.520. The van der Waals surface area contributed by atoms with Gasteiger partial charge in [-0.05, 0) is 49.6 Å². The average Bonchev–Trinajstić information content (AvgIpc) is 2.73. The summed E-state index contributed by atoms with van der Waals surface area (Å²) in [7, 11) is 0.